The van der Waals surface area contributed by atoms with E-state index < -0.39 is 17.6 Å². The predicted molar refractivity (Wildman–Crippen MR) is 152 cm³/mol. The van der Waals surface area contributed by atoms with Crippen molar-refractivity contribution < 1.29 is 32.9 Å². The molecule has 226 valence electrons. The van der Waals surface area contributed by atoms with Crippen LogP contribution in [0.5, 0.6) is 11.6 Å². The number of aromatic nitrogens is 4. The highest BCUT2D eigenvalue weighted by atomic mass is 35.5. The van der Waals surface area contributed by atoms with Crippen molar-refractivity contribution >= 4 is 28.7 Å². The molecule has 0 spiro atoms. The standard InChI is InChI=1S/C30H30ClF2N5O5/c31-18-1-5-26(23(33)13-18)42-17-25-22(32)3-6-28(36-25)43-20-7-10-37(11-8-20)16-27-35-24-4-2-19(14-29(39)40)34-30(24)38(27)15-21-9-12-41-21/h1-6,13,20-21H,7-12,14-17H2,(H,39,40)/t21-/m0/s1. The zero-order valence-corrected chi connectivity index (χ0v) is 24.0. The zero-order chi connectivity index (χ0) is 29.9. The van der Waals surface area contributed by atoms with Gasteiger partial charge in [0.25, 0.3) is 0 Å². The number of rotatable bonds is 11. The molecule has 0 radical (unpaired) electrons. The first kappa shape index (κ1) is 29.2. The lowest BCUT2D eigenvalue weighted by Crippen LogP contribution is -2.39. The minimum absolute atomic E-state index is 0.0127. The minimum atomic E-state index is -0.931. The molecule has 6 rings (SSSR count). The number of halogens is 3. The number of likely N-dealkylation sites (tertiary alicyclic amines) is 1. The molecular formula is C30H30ClF2N5O5. The van der Waals surface area contributed by atoms with Gasteiger partial charge in [0.1, 0.15) is 35.6 Å². The molecule has 4 aromatic rings. The largest absolute Gasteiger partial charge is 0.484 e. The smallest absolute Gasteiger partial charge is 0.309 e. The van der Waals surface area contributed by atoms with Gasteiger partial charge in [-0.3, -0.25) is 9.69 Å². The van der Waals surface area contributed by atoms with Crippen LogP contribution in [0.15, 0.2) is 42.5 Å². The van der Waals surface area contributed by atoms with Gasteiger partial charge in [-0.2, -0.15) is 0 Å². The van der Waals surface area contributed by atoms with Gasteiger partial charge in [-0.05, 0) is 55.7 Å². The Labute approximate surface area is 251 Å². The normalized spacial score (nSPS) is 17.6. The molecule has 0 saturated carbocycles. The van der Waals surface area contributed by atoms with Gasteiger partial charge >= 0.3 is 5.97 Å². The van der Waals surface area contributed by atoms with Crippen LogP contribution in [0.2, 0.25) is 5.02 Å². The summed E-state index contributed by atoms with van der Waals surface area (Å²) in [5, 5.41) is 9.44. The summed E-state index contributed by atoms with van der Waals surface area (Å²) in [6, 6.07) is 10.3. The second-order valence-corrected chi connectivity index (χ2v) is 11.1. The third-order valence-electron chi connectivity index (χ3n) is 7.58. The van der Waals surface area contributed by atoms with E-state index in [1.807, 2.05) is 6.07 Å². The number of carboxylic acid groups (broad SMARTS) is 1. The van der Waals surface area contributed by atoms with Crippen LogP contribution in [0.1, 0.15) is 36.5 Å². The number of imidazole rings is 1. The third kappa shape index (κ3) is 7.03. The molecule has 0 bridgehead atoms. The molecule has 2 aliphatic rings. The van der Waals surface area contributed by atoms with E-state index in [4.69, 9.17) is 30.8 Å². The Balaban J connectivity index is 1.08. The molecule has 2 aliphatic heterocycles. The summed E-state index contributed by atoms with van der Waals surface area (Å²) in [4.78, 5) is 27.2. The van der Waals surface area contributed by atoms with Crippen LogP contribution >= 0.6 is 11.6 Å². The number of fused-ring (bicyclic) bond motifs is 1. The van der Waals surface area contributed by atoms with Gasteiger partial charge in [0.05, 0.1) is 31.3 Å². The van der Waals surface area contributed by atoms with Crippen LogP contribution in [0, 0.1) is 11.6 Å². The van der Waals surface area contributed by atoms with Crippen LogP contribution in [0.3, 0.4) is 0 Å². The number of carbonyl (C=O) groups is 1. The second-order valence-electron chi connectivity index (χ2n) is 10.7. The lowest BCUT2D eigenvalue weighted by molar-refractivity contribution is -0.136. The van der Waals surface area contributed by atoms with Crippen molar-refractivity contribution in [3.63, 3.8) is 0 Å². The maximum atomic E-state index is 14.4. The van der Waals surface area contributed by atoms with Crippen molar-refractivity contribution in [2.24, 2.45) is 0 Å². The number of aliphatic carboxylic acids is 1. The number of nitrogens with zero attached hydrogens (tertiary/aromatic N) is 5. The number of carboxylic acids is 1. The van der Waals surface area contributed by atoms with Gasteiger partial charge in [-0.15, -0.1) is 0 Å². The van der Waals surface area contributed by atoms with Gasteiger partial charge in [-0.25, -0.2) is 23.7 Å². The van der Waals surface area contributed by atoms with E-state index in [-0.39, 0.29) is 47.6 Å². The first-order valence-corrected chi connectivity index (χ1v) is 14.5. The number of hydrogen-bond acceptors (Lipinski definition) is 8. The average Bonchev–Trinajstić information content (AvgIpc) is 3.28. The van der Waals surface area contributed by atoms with Crippen LogP contribution in [0.4, 0.5) is 8.78 Å². The fraction of sp³-hybridized carbons (Fsp3) is 0.400. The van der Waals surface area contributed by atoms with Gasteiger partial charge in [-0.1, -0.05) is 11.6 Å². The summed E-state index contributed by atoms with van der Waals surface area (Å²) >= 11 is 5.78. The highest BCUT2D eigenvalue weighted by Crippen LogP contribution is 2.25. The average molecular weight is 614 g/mol. The monoisotopic (exact) mass is 613 g/mol. The predicted octanol–water partition coefficient (Wildman–Crippen LogP) is 4.80. The fourth-order valence-corrected chi connectivity index (χ4v) is 5.37. The molecule has 0 unspecified atom stereocenters. The second kappa shape index (κ2) is 12.8. The molecule has 0 aliphatic carbocycles. The molecule has 13 heteroatoms. The number of benzene rings is 1. The highest BCUT2D eigenvalue weighted by molar-refractivity contribution is 6.30. The van der Waals surface area contributed by atoms with E-state index >= 15 is 0 Å². The topological polar surface area (TPSA) is 112 Å². The third-order valence-corrected chi connectivity index (χ3v) is 7.81. The van der Waals surface area contributed by atoms with Crippen LogP contribution in [-0.2, 0) is 35.6 Å². The molecule has 43 heavy (non-hydrogen) atoms. The van der Waals surface area contributed by atoms with E-state index in [1.54, 1.807) is 6.07 Å². The Hall–Kier alpha value is -3.87. The Morgan fingerprint density at radius 3 is 2.58 bits per heavy atom. The van der Waals surface area contributed by atoms with Gasteiger partial charge in [0.2, 0.25) is 5.88 Å². The van der Waals surface area contributed by atoms with Crippen LogP contribution < -0.4 is 9.47 Å². The van der Waals surface area contributed by atoms with Crippen LogP contribution in [-0.4, -0.2) is 67.4 Å². The SMILES string of the molecule is O=C(O)Cc1ccc2nc(CN3CCC(Oc4ccc(F)c(COc5ccc(Cl)cc5F)n4)CC3)n(C[C@@H]3CCO3)c2n1. The van der Waals surface area contributed by atoms with Crippen molar-refractivity contribution in [3.05, 3.63) is 76.3 Å². The maximum absolute atomic E-state index is 14.4. The lowest BCUT2D eigenvalue weighted by Gasteiger charge is -2.32. The summed E-state index contributed by atoms with van der Waals surface area (Å²) in [7, 11) is 0. The van der Waals surface area contributed by atoms with Gasteiger partial charge < -0.3 is 23.9 Å². The molecule has 3 aromatic heterocycles. The summed E-state index contributed by atoms with van der Waals surface area (Å²) in [6.45, 7) is 3.18. The summed E-state index contributed by atoms with van der Waals surface area (Å²) in [6.07, 6.45) is 2.24. The Kier molecular flexibility index (Phi) is 8.68. The van der Waals surface area contributed by atoms with Crippen molar-refractivity contribution in [2.75, 3.05) is 19.7 Å². The Morgan fingerprint density at radius 2 is 1.86 bits per heavy atom. The van der Waals surface area contributed by atoms with Crippen molar-refractivity contribution in [1.29, 1.82) is 0 Å². The molecule has 1 N–H and O–H groups in total. The first-order valence-electron chi connectivity index (χ1n) is 14.1. The molecule has 5 heterocycles. The Bertz CT molecular complexity index is 1620. The molecule has 10 nitrogen and oxygen atoms in total. The summed E-state index contributed by atoms with van der Waals surface area (Å²) in [5.41, 5.74) is 1.89. The van der Waals surface area contributed by atoms with Crippen LogP contribution in [0.25, 0.3) is 11.2 Å². The molecule has 1 aromatic carbocycles. The van der Waals surface area contributed by atoms with Crippen molar-refractivity contribution in [2.45, 2.75) is 57.6 Å². The molecule has 0 amide bonds. The van der Waals surface area contributed by atoms with E-state index in [1.165, 1.54) is 24.3 Å². The highest BCUT2D eigenvalue weighted by Gasteiger charge is 2.26. The van der Waals surface area contributed by atoms with Crippen molar-refractivity contribution in [1.82, 2.24) is 24.4 Å². The summed E-state index contributed by atoms with van der Waals surface area (Å²) in [5.74, 6) is -1.06. The van der Waals surface area contributed by atoms with Crippen molar-refractivity contribution in [3.8, 4) is 11.6 Å². The van der Waals surface area contributed by atoms with Gasteiger partial charge in [0.15, 0.2) is 17.2 Å². The van der Waals surface area contributed by atoms with E-state index in [2.05, 4.69) is 19.4 Å². The fourth-order valence-electron chi connectivity index (χ4n) is 5.21. The molecule has 2 fully saturated rings. The zero-order valence-electron chi connectivity index (χ0n) is 23.2. The maximum Gasteiger partial charge on any atom is 0.309 e. The first-order chi connectivity index (χ1) is 20.8. The minimum Gasteiger partial charge on any atom is -0.484 e. The van der Waals surface area contributed by atoms with E-state index in [0.717, 1.165) is 56.4 Å². The number of ether oxygens (including phenoxy) is 3. The van der Waals surface area contributed by atoms with E-state index in [0.29, 0.717) is 24.4 Å². The van der Waals surface area contributed by atoms with E-state index in [9.17, 15) is 18.7 Å². The quantitative estimate of drug-likeness (QED) is 0.255. The van der Waals surface area contributed by atoms with Gasteiger partial charge in [0, 0.05) is 30.8 Å². The number of hydrogen-bond donors (Lipinski definition) is 1. The molecule has 1 atom stereocenters. The number of piperidine rings is 1. The molecular weight excluding hydrogens is 584 g/mol. The Morgan fingerprint density at radius 1 is 1.05 bits per heavy atom. The lowest BCUT2D eigenvalue weighted by atomic mass is 10.1. The molecule has 2 saturated heterocycles. The summed E-state index contributed by atoms with van der Waals surface area (Å²) < 4.78 is 47.7. The number of pyridine rings is 2.